The van der Waals surface area contributed by atoms with E-state index in [4.69, 9.17) is 0 Å². The fourth-order valence-electron chi connectivity index (χ4n) is 3.20. The molecule has 0 unspecified atom stereocenters. The van der Waals surface area contributed by atoms with E-state index in [2.05, 4.69) is 26.6 Å². The Morgan fingerprint density at radius 3 is 2.06 bits per heavy atom. The topological polar surface area (TPSA) is 138 Å². The van der Waals surface area contributed by atoms with Crippen LogP contribution in [0.3, 0.4) is 0 Å². The third-order valence-electron chi connectivity index (χ3n) is 4.74. The smallest absolute Gasteiger partial charge is 0.264 e. The first-order valence-corrected chi connectivity index (χ1v) is 13.7. The molecule has 3 rings (SSSR count). The predicted molar refractivity (Wildman–Crippen MR) is 136 cm³/mol. The number of carbonyl (C=O) groups excluding carboxylic acids is 1. The van der Waals surface area contributed by atoms with Crippen molar-refractivity contribution >= 4 is 43.3 Å². The third-order valence-corrected chi connectivity index (χ3v) is 7.25. The second kappa shape index (κ2) is 10.2. The molecule has 0 bridgehead atoms. The molecular formula is C23H25N5O5S2. The summed E-state index contributed by atoms with van der Waals surface area (Å²) in [6, 6.07) is 13.4. The Kier molecular flexibility index (Phi) is 7.56. The van der Waals surface area contributed by atoms with Gasteiger partial charge in [0.25, 0.3) is 15.9 Å². The largest absolute Gasteiger partial charge is 0.322 e. The lowest BCUT2D eigenvalue weighted by Crippen LogP contribution is -2.29. The monoisotopic (exact) mass is 515 g/mol. The Balaban J connectivity index is 1.71. The van der Waals surface area contributed by atoms with E-state index in [0.717, 1.165) is 10.6 Å². The summed E-state index contributed by atoms with van der Waals surface area (Å²) in [6.45, 7) is 7.14. The average molecular weight is 516 g/mol. The molecule has 2 aromatic carbocycles. The van der Waals surface area contributed by atoms with Gasteiger partial charge in [-0.25, -0.2) is 31.5 Å². The maximum atomic E-state index is 12.7. The van der Waals surface area contributed by atoms with Crippen molar-refractivity contribution in [2.75, 3.05) is 27.1 Å². The Hall–Kier alpha value is -3.77. The number of benzene rings is 2. The molecule has 184 valence electrons. The zero-order chi connectivity index (χ0) is 25.8. The highest BCUT2D eigenvalue weighted by molar-refractivity contribution is 7.92. The van der Waals surface area contributed by atoms with E-state index in [1.54, 1.807) is 19.9 Å². The van der Waals surface area contributed by atoms with Crippen molar-refractivity contribution in [2.24, 2.45) is 0 Å². The SMILES string of the molecule is C=CCN(c1ccc(C(=O)Nc2ccc(S(=O)(=O)Nc3nc(C)cc(C)n3)cc2)cc1)S(C)(=O)=O. The van der Waals surface area contributed by atoms with Crippen LogP contribution < -0.4 is 14.3 Å². The molecule has 0 spiro atoms. The van der Waals surface area contributed by atoms with Gasteiger partial charge in [-0.05, 0) is 68.4 Å². The first-order chi connectivity index (χ1) is 16.4. The zero-order valence-electron chi connectivity index (χ0n) is 19.4. The minimum absolute atomic E-state index is 0.0224. The summed E-state index contributed by atoms with van der Waals surface area (Å²) in [5.74, 6) is -0.464. The fraction of sp³-hybridized carbons (Fsp3) is 0.174. The Morgan fingerprint density at radius 2 is 1.54 bits per heavy atom. The molecule has 0 aliphatic carbocycles. The van der Waals surface area contributed by atoms with Crippen molar-refractivity contribution in [3.63, 3.8) is 0 Å². The number of amides is 1. The maximum Gasteiger partial charge on any atom is 0.264 e. The molecule has 12 heteroatoms. The first kappa shape index (κ1) is 25.8. The van der Waals surface area contributed by atoms with Crippen LogP contribution in [0.4, 0.5) is 17.3 Å². The molecule has 0 aliphatic rings. The van der Waals surface area contributed by atoms with Crippen LogP contribution in [0.2, 0.25) is 0 Å². The van der Waals surface area contributed by atoms with E-state index in [1.807, 2.05) is 0 Å². The standard InChI is InChI=1S/C23H25N5O5S2/c1-5-14-28(34(4,30)31)20-10-6-18(7-11-20)22(29)26-19-8-12-21(13-9-19)35(32,33)27-23-24-16(2)15-17(3)25-23/h5-13,15H,1,14H2,2-4H3,(H,26,29)(H,24,25,27). The minimum Gasteiger partial charge on any atom is -0.322 e. The summed E-state index contributed by atoms with van der Waals surface area (Å²) in [4.78, 5) is 20.7. The summed E-state index contributed by atoms with van der Waals surface area (Å²) in [5.41, 5.74) is 2.34. The van der Waals surface area contributed by atoms with E-state index >= 15 is 0 Å². The second-order valence-corrected chi connectivity index (χ2v) is 11.3. The van der Waals surface area contributed by atoms with Gasteiger partial charge >= 0.3 is 0 Å². The van der Waals surface area contributed by atoms with E-state index in [1.165, 1.54) is 54.6 Å². The van der Waals surface area contributed by atoms with Gasteiger partial charge in [0.2, 0.25) is 16.0 Å². The van der Waals surface area contributed by atoms with Gasteiger partial charge in [-0.3, -0.25) is 9.10 Å². The zero-order valence-corrected chi connectivity index (χ0v) is 21.0. The molecule has 0 saturated heterocycles. The van der Waals surface area contributed by atoms with Gasteiger partial charge in [0.15, 0.2) is 0 Å². The van der Waals surface area contributed by atoms with E-state index in [9.17, 15) is 21.6 Å². The molecular weight excluding hydrogens is 490 g/mol. The number of aromatic nitrogens is 2. The van der Waals surface area contributed by atoms with Crippen molar-refractivity contribution in [1.82, 2.24) is 9.97 Å². The van der Waals surface area contributed by atoms with Crippen LogP contribution in [0.25, 0.3) is 0 Å². The highest BCUT2D eigenvalue weighted by atomic mass is 32.2. The molecule has 1 amide bonds. The molecule has 0 atom stereocenters. The average Bonchev–Trinajstić information content (AvgIpc) is 2.76. The van der Waals surface area contributed by atoms with Crippen molar-refractivity contribution in [3.8, 4) is 0 Å². The lowest BCUT2D eigenvalue weighted by molar-refractivity contribution is 0.102. The number of nitrogens with zero attached hydrogens (tertiary/aromatic N) is 3. The predicted octanol–water partition coefficient (Wildman–Crippen LogP) is 3.10. The fourth-order valence-corrected chi connectivity index (χ4v) is 5.02. The molecule has 0 radical (unpaired) electrons. The number of sulfonamides is 2. The van der Waals surface area contributed by atoms with Crippen LogP contribution in [0.15, 0.2) is 72.1 Å². The Labute approximate surface area is 204 Å². The van der Waals surface area contributed by atoms with Crippen LogP contribution >= 0.6 is 0 Å². The van der Waals surface area contributed by atoms with E-state index < -0.39 is 26.0 Å². The van der Waals surface area contributed by atoms with Gasteiger partial charge in [-0.15, -0.1) is 6.58 Å². The lowest BCUT2D eigenvalue weighted by atomic mass is 10.2. The van der Waals surface area contributed by atoms with Crippen LogP contribution in [0.1, 0.15) is 21.7 Å². The van der Waals surface area contributed by atoms with Crippen molar-refractivity contribution in [1.29, 1.82) is 0 Å². The maximum absolute atomic E-state index is 12.7. The Morgan fingerprint density at radius 1 is 0.971 bits per heavy atom. The number of nitrogens with one attached hydrogen (secondary N) is 2. The second-order valence-electron chi connectivity index (χ2n) is 7.69. The summed E-state index contributed by atoms with van der Waals surface area (Å²) in [5, 5.41) is 2.68. The van der Waals surface area contributed by atoms with Crippen LogP contribution in [0.5, 0.6) is 0 Å². The number of aryl methyl sites for hydroxylation is 2. The first-order valence-electron chi connectivity index (χ1n) is 10.3. The van der Waals surface area contributed by atoms with Gasteiger partial charge in [0.05, 0.1) is 23.4 Å². The lowest BCUT2D eigenvalue weighted by Gasteiger charge is -2.20. The summed E-state index contributed by atoms with van der Waals surface area (Å²) in [7, 11) is -7.43. The highest BCUT2D eigenvalue weighted by Crippen LogP contribution is 2.20. The number of anilines is 3. The van der Waals surface area contributed by atoms with Crippen molar-refractivity contribution in [3.05, 3.63) is 84.2 Å². The number of carbonyl (C=O) groups is 1. The molecule has 3 aromatic rings. The highest BCUT2D eigenvalue weighted by Gasteiger charge is 2.18. The van der Waals surface area contributed by atoms with E-state index in [-0.39, 0.29) is 17.4 Å². The van der Waals surface area contributed by atoms with Gasteiger partial charge in [-0.2, -0.15) is 0 Å². The molecule has 35 heavy (non-hydrogen) atoms. The van der Waals surface area contributed by atoms with Crippen LogP contribution in [0, 0.1) is 13.8 Å². The Bertz CT molecular complexity index is 1430. The molecule has 0 fully saturated rings. The molecule has 2 N–H and O–H groups in total. The van der Waals surface area contributed by atoms with Crippen LogP contribution in [-0.2, 0) is 20.0 Å². The van der Waals surface area contributed by atoms with Gasteiger partial charge in [0.1, 0.15) is 0 Å². The van der Waals surface area contributed by atoms with Gasteiger partial charge in [0, 0.05) is 22.6 Å². The number of hydrogen-bond acceptors (Lipinski definition) is 7. The quantitative estimate of drug-likeness (QED) is 0.418. The molecule has 10 nitrogen and oxygen atoms in total. The summed E-state index contributed by atoms with van der Waals surface area (Å²) in [6.07, 6.45) is 2.56. The van der Waals surface area contributed by atoms with Crippen molar-refractivity contribution in [2.45, 2.75) is 18.7 Å². The van der Waals surface area contributed by atoms with Crippen LogP contribution in [-0.4, -0.2) is 45.5 Å². The minimum atomic E-state index is -3.92. The molecule has 1 aromatic heterocycles. The van der Waals surface area contributed by atoms with Gasteiger partial charge in [-0.1, -0.05) is 6.08 Å². The molecule has 0 aliphatic heterocycles. The van der Waals surface area contributed by atoms with Gasteiger partial charge < -0.3 is 5.32 Å². The third kappa shape index (κ3) is 6.64. The van der Waals surface area contributed by atoms with E-state index in [0.29, 0.717) is 28.3 Å². The summed E-state index contributed by atoms with van der Waals surface area (Å²) >= 11 is 0. The number of rotatable bonds is 9. The summed E-state index contributed by atoms with van der Waals surface area (Å²) < 4.78 is 52.7. The normalized spacial score (nSPS) is 11.5. The molecule has 1 heterocycles. The van der Waals surface area contributed by atoms with Crippen molar-refractivity contribution < 1.29 is 21.6 Å². The molecule has 0 saturated carbocycles. The number of hydrogen-bond donors (Lipinski definition) is 2.